The van der Waals surface area contributed by atoms with Crippen molar-refractivity contribution in [2.75, 3.05) is 5.32 Å². The van der Waals surface area contributed by atoms with E-state index in [0.717, 1.165) is 0 Å². The third kappa shape index (κ3) is 2.54. The van der Waals surface area contributed by atoms with Crippen molar-refractivity contribution in [2.24, 2.45) is 5.73 Å². The Hall–Kier alpha value is -2.63. The molecule has 0 unspecified atom stereocenters. The van der Waals surface area contributed by atoms with E-state index in [9.17, 15) is 9.59 Å². The number of primary amides is 1. The Morgan fingerprint density at radius 3 is 2.70 bits per heavy atom. The number of para-hydroxylation sites is 1. The van der Waals surface area contributed by atoms with Crippen LogP contribution in [-0.4, -0.2) is 17.0 Å². The van der Waals surface area contributed by atoms with Gasteiger partial charge in [-0.25, -0.2) is 0 Å². The normalized spacial score (nSPS) is 10.3. The van der Waals surface area contributed by atoms with Crippen LogP contribution in [0.3, 0.4) is 0 Å². The van der Waals surface area contributed by atoms with Gasteiger partial charge in [0.1, 0.15) is 11.3 Å². The number of hydrogen-bond donors (Lipinski definition) is 2. The van der Waals surface area contributed by atoms with Gasteiger partial charge < -0.3 is 15.6 Å². The number of nitrogens with one attached hydrogen (secondary N) is 1. The molecule has 104 valence electrons. The number of amides is 2. The Bertz CT molecular complexity index is 661. The molecule has 1 aromatic carbocycles. The molecule has 20 heavy (non-hydrogen) atoms. The van der Waals surface area contributed by atoms with Crippen LogP contribution in [0.2, 0.25) is 0 Å². The molecule has 6 heteroatoms. The van der Waals surface area contributed by atoms with Crippen molar-refractivity contribution in [3.8, 4) is 0 Å². The first-order valence-electron chi connectivity index (χ1n) is 6.20. The summed E-state index contributed by atoms with van der Waals surface area (Å²) in [4.78, 5) is 23.6. The zero-order valence-electron chi connectivity index (χ0n) is 11.3. The third-order valence-electron chi connectivity index (χ3n) is 2.94. The second-order valence-corrected chi connectivity index (χ2v) is 4.28. The molecule has 0 fully saturated rings. The lowest BCUT2D eigenvalue weighted by Crippen LogP contribution is -2.19. The molecule has 0 spiro atoms. The Balaban J connectivity index is 2.33. The molecule has 0 saturated heterocycles. The molecule has 0 bridgehead atoms. The number of anilines is 1. The first-order valence-corrected chi connectivity index (χ1v) is 6.20. The zero-order chi connectivity index (χ0) is 14.7. The fraction of sp³-hybridized carbons (Fsp3) is 0.214. The van der Waals surface area contributed by atoms with E-state index in [2.05, 4.69) is 10.5 Å². The SMILES string of the molecule is CCc1noc(C)c1C(=O)Nc1ccccc1C(N)=O. The summed E-state index contributed by atoms with van der Waals surface area (Å²) in [6, 6.07) is 6.56. The average Bonchev–Trinajstić information content (AvgIpc) is 2.80. The molecule has 2 amide bonds. The molecular weight excluding hydrogens is 258 g/mol. The lowest BCUT2D eigenvalue weighted by molar-refractivity contribution is 0.100. The van der Waals surface area contributed by atoms with Gasteiger partial charge in [0.2, 0.25) is 0 Å². The van der Waals surface area contributed by atoms with Gasteiger partial charge in [0.25, 0.3) is 11.8 Å². The summed E-state index contributed by atoms with van der Waals surface area (Å²) in [6.07, 6.45) is 0.581. The first-order chi connectivity index (χ1) is 9.54. The maximum atomic E-state index is 12.3. The van der Waals surface area contributed by atoms with Crippen molar-refractivity contribution in [1.29, 1.82) is 0 Å². The maximum Gasteiger partial charge on any atom is 0.261 e. The molecule has 2 aromatic rings. The van der Waals surface area contributed by atoms with Gasteiger partial charge in [-0.05, 0) is 25.5 Å². The van der Waals surface area contributed by atoms with Crippen LogP contribution in [0.5, 0.6) is 0 Å². The van der Waals surface area contributed by atoms with Gasteiger partial charge in [-0.2, -0.15) is 0 Å². The molecular formula is C14H15N3O3. The van der Waals surface area contributed by atoms with Crippen molar-refractivity contribution in [3.63, 3.8) is 0 Å². The fourth-order valence-electron chi connectivity index (χ4n) is 1.94. The molecule has 0 aliphatic heterocycles. The Labute approximate surface area is 115 Å². The summed E-state index contributed by atoms with van der Waals surface area (Å²) < 4.78 is 5.02. The van der Waals surface area contributed by atoms with Gasteiger partial charge in [-0.15, -0.1) is 0 Å². The smallest absolute Gasteiger partial charge is 0.261 e. The second-order valence-electron chi connectivity index (χ2n) is 4.28. The number of aromatic nitrogens is 1. The molecule has 2 rings (SSSR count). The van der Waals surface area contributed by atoms with E-state index in [0.29, 0.717) is 29.1 Å². The van der Waals surface area contributed by atoms with Crippen molar-refractivity contribution in [3.05, 3.63) is 46.8 Å². The molecule has 1 heterocycles. The van der Waals surface area contributed by atoms with Gasteiger partial charge in [-0.3, -0.25) is 9.59 Å². The predicted octanol–water partition coefficient (Wildman–Crippen LogP) is 1.90. The number of carbonyl (C=O) groups excluding carboxylic acids is 2. The van der Waals surface area contributed by atoms with E-state index in [1.807, 2.05) is 6.92 Å². The van der Waals surface area contributed by atoms with Crippen LogP contribution >= 0.6 is 0 Å². The zero-order valence-corrected chi connectivity index (χ0v) is 11.3. The van der Waals surface area contributed by atoms with Crippen LogP contribution in [0.25, 0.3) is 0 Å². The summed E-state index contributed by atoms with van der Waals surface area (Å²) in [5.74, 6) is -0.524. The fourth-order valence-corrected chi connectivity index (χ4v) is 1.94. The standard InChI is InChI=1S/C14H15N3O3/c1-3-10-12(8(2)20-17-10)14(19)16-11-7-5-4-6-9(11)13(15)18/h4-7H,3H2,1-2H3,(H2,15,18)(H,16,19). The summed E-state index contributed by atoms with van der Waals surface area (Å²) in [5, 5.41) is 6.50. The van der Waals surface area contributed by atoms with Gasteiger partial charge in [0.05, 0.1) is 16.9 Å². The number of nitrogens with zero attached hydrogens (tertiary/aromatic N) is 1. The molecule has 1 aromatic heterocycles. The van der Waals surface area contributed by atoms with Crippen LogP contribution < -0.4 is 11.1 Å². The van der Waals surface area contributed by atoms with Crippen LogP contribution in [-0.2, 0) is 6.42 Å². The van der Waals surface area contributed by atoms with E-state index in [4.69, 9.17) is 10.3 Å². The highest BCUT2D eigenvalue weighted by Gasteiger charge is 2.20. The van der Waals surface area contributed by atoms with E-state index in [-0.39, 0.29) is 11.5 Å². The highest BCUT2D eigenvalue weighted by Crippen LogP contribution is 2.19. The monoisotopic (exact) mass is 273 g/mol. The van der Waals surface area contributed by atoms with Crippen LogP contribution in [0.1, 0.15) is 39.1 Å². The number of aryl methyl sites for hydroxylation is 2. The lowest BCUT2D eigenvalue weighted by atomic mass is 10.1. The number of carbonyl (C=O) groups is 2. The van der Waals surface area contributed by atoms with Gasteiger partial charge >= 0.3 is 0 Å². The molecule has 6 nitrogen and oxygen atoms in total. The number of nitrogens with two attached hydrogens (primary N) is 1. The summed E-state index contributed by atoms with van der Waals surface area (Å²) in [6.45, 7) is 3.55. The van der Waals surface area contributed by atoms with Crippen molar-refractivity contribution >= 4 is 17.5 Å². The van der Waals surface area contributed by atoms with E-state index < -0.39 is 5.91 Å². The van der Waals surface area contributed by atoms with Crippen molar-refractivity contribution in [1.82, 2.24) is 5.16 Å². The molecule has 3 N–H and O–H groups in total. The van der Waals surface area contributed by atoms with Crippen LogP contribution in [0, 0.1) is 6.92 Å². The van der Waals surface area contributed by atoms with Gasteiger partial charge in [0, 0.05) is 0 Å². The lowest BCUT2D eigenvalue weighted by Gasteiger charge is -2.08. The highest BCUT2D eigenvalue weighted by atomic mass is 16.5. The number of benzene rings is 1. The number of rotatable bonds is 4. The summed E-state index contributed by atoms with van der Waals surface area (Å²) in [5.41, 5.74) is 6.87. The minimum Gasteiger partial charge on any atom is -0.366 e. The maximum absolute atomic E-state index is 12.3. The Morgan fingerprint density at radius 1 is 1.35 bits per heavy atom. The van der Waals surface area contributed by atoms with Crippen molar-refractivity contribution < 1.29 is 14.1 Å². The summed E-state index contributed by atoms with van der Waals surface area (Å²) >= 11 is 0. The molecule has 0 aliphatic rings. The van der Waals surface area contributed by atoms with E-state index in [1.165, 1.54) is 0 Å². The summed E-state index contributed by atoms with van der Waals surface area (Å²) in [7, 11) is 0. The average molecular weight is 273 g/mol. The molecule has 0 aliphatic carbocycles. The number of hydrogen-bond acceptors (Lipinski definition) is 4. The highest BCUT2D eigenvalue weighted by molar-refractivity contribution is 6.09. The first kappa shape index (κ1) is 13.8. The largest absolute Gasteiger partial charge is 0.366 e. The third-order valence-corrected chi connectivity index (χ3v) is 2.94. The van der Waals surface area contributed by atoms with Crippen molar-refractivity contribution in [2.45, 2.75) is 20.3 Å². The quantitative estimate of drug-likeness (QED) is 0.888. The van der Waals surface area contributed by atoms with Crippen LogP contribution in [0.15, 0.2) is 28.8 Å². The van der Waals surface area contributed by atoms with E-state index in [1.54, 1.807) is 31.2 Å². The molecule has 0 saturated carbocycles. The minimum atomic E-state index is -0.598. The minimum absolute atomic E-state index is 0.257. The Kier molecular flexibility index (Phi) is 3.84. The Morgan fingerprint density at radius 2 is 2.05 bits per heavy atom. The van der Waals surface area contributed by atoms with E-state index >= 15 is 0 Å². The van der Waals surface area contributed by atoms with Crippen LogP contribution in [0.4, 0.5) is 5.69 Å². The molecule has 0 atom stereocenters. The van der Waals surface area contributed by atoms with Gasteiger partial charge in [-0.1, -0.05) is 24.2 Å². The molecule has 0 radical (unpaired) electrons. The van der Waals surface area contributed by atoms with Gasteiger partial charge in [0.15, 0.2) is 0 Å². The predicted molar refractivity (Wildman–Crippen MR) is 73.5 cm³/mol. The second kappa shape index (κ2) is 5.56. The topological polar surface area (TPSA) is 98.2 Å².